The molecule has 2 atom stereocenters. The van der Waals surface area contributed by atoms with Crippen LogP contribution < -0.4 is 25.8 Å². The van der Waals surface area contributed by atoms with Gasteiger partial charge in [0.25, 0.3) is 0 Å². The van der Waals surface area contributed by atoms with Gasteiger partial charge in [-0.25, -0.2) is 18.2 Å². The number of carbonyl (C=O) groups is 2. The Hall–Kier alpha value is -5.04. The molecular weight excluding hydrogens is 634 g/mol. The molecule has 1 saturated heterocycles. The summed E-state index contributed by atoms with van der Waals surface area (Å²) in [5, 5.41) is 16.7. The molecule has 1 aliphatic heterocycles. The maximum absolute atomic E-state index is 14.8. The Morgan fingerprint density at radius 3 is 2.52 bits per heavy atom. The van der Waals surface area contributed by atoms with Crippen LogP contribution in [0.5, 0.6) is 11.5 Å². The summed E-state index contributed by atoms with van der Waals surface area (Å²) in [4.78, 5) is 32.1. The van der Waals surface area contributed by atoms with Crippen LogP contribution in [0, 0.1) is 0 Å². The molecule has 0 unspecified atom stereocenters. The van der Waals surface area contributed by atoms with Crippen molar-refractivity contribution >= 4 is 49.8 Å². The van der Waals surface area contributed by atoms with Gasteiger partial charge in [-0.05, 0) is 105 Å². The normalized spacial score (nSPS) is 15.4. The van der Waals surface area contributed by atoms with E-state index in [0.717, 1.165) is 10.8 Å². The molecule has 2 amide bonds. The summed E-state index contributed by atoms with van der Waals surface area (Å²) in [6, 6.07) is 15.6. The number of benzene rings is 3. The van der Waals surface area contributed by atoms with Gasteiger partial charge in [-0.15, -0.1) is 0 Å². The molecule has 1 aliphatic rings. The Bertz CT molecular complexity index is 1930. The second-order valence-electron chi connectivity index (χ2n) is 11.8. The molecule has 48 heavy (non-hydrogen) atoms. The van der Waals surface area contributed by atoms with E-state index in [-0.39, 0.29) is 28.3 Å². The van der Waals surface area contributed by atoms with Gasteiger partial charge in [0, 0.05) is 29.5 Å². The van der Waals surface area contributed by atoms with Crippen LogP contribution in [0.1, 0.15) is 63.7 Å². The van der Waals surface area contributed by atoms with Gasteiger partial charge in [0.2, 0.25) is 5.91 Å². The van der Waals surface area contributed by atoms with Crippen LogP contribution >= 0.6 is 0 Å². The van der Waals surface area contributed by atoms with Gasteiger partial charge in [-0.2, -0.15) is 0 Å². The number of nitrogens with zero attached hydrogens (tertiary/aromatic N) is 2. The molecule has 1 fully saturated rings. The number of pyridine rings is 1. The number of carboxylic acid groups (broad SMARTS) is 1. The minimum absolute atomic E-state index is 0.0738. The van der Waals surface area contributed by atoms with Gasteiger partial charge in [0.05, 0.1) is 29.4 Å². The van der Waals surface area contributed by atoms with Crippen molar-refractivity contribution in [3.8, 4) is 11.5 Å². The first-order valence-electron chi connectivity index (χ1n) is 15.9. The van der Waals surface area contributed by atoms with Crippen LogP contribution in [0.25, 0.3) is 10.8 Å². The van der Waals surface area contributed by atoms with Crippen molar-refractivity contribution in [2.75, 3.05) is 35.3 Å². The van der Waals surface area contributed by atoms with Crippen molar-refractivity contribution in [2.24, 2.45) is 0 Å². The molecule has 5 rings (SSSR count). The fourth-order valence-corrected chi connectivity index (χ4v) is 7.18. The summed E-state index contributed by atoms with van der Waals surface area (Å²) in [5.74, 6) is 0.993. The molecule has 12 nitrogen and oxygen atoms in total. The Morgan fingerprint density at radius 1 is 1.04 bits per heavy atom. The molecule has 5 N–H and O–H groups in total. The van der Waals surface area contributed by atoms with Gasteiger partial charge < -0.3 is 30.5 Å². The average Bonchev–Trinajstić information content (AvgIpc) is 3.54. The number of fused-ring (bicyclic) bond motifs is 1. The van der Waals surface area contributed by atoms with Crippen LogP contribution in [0.2, 0.25) is 0 Å². The number of ether oxygens (including phenoxy) is 2. The standard InChI is InChI=1S/C35H41N5O7S/c1-5-46-30-19-23(9-13-29(30)47-21(3)4)32(38-24-10-12-26-22(18-24)15-16-37-33(26)36)34(41)40-17-7-8-28(40)27-20-25(39-35(42)43)11-14-31(27)48(44,45)6-2/h9-16,18-21,28,32,38-39H,5-8,17H2,1-4H3,(H2,36,37)(H,42,43)/t28-,32+/m0/s1. The maximum atomic E-state index is 14.8. The van der Waals surface area contributed by atoms with Gasteiger partial charge >= 0.3 is 6.09 Å². The van der Waals surface area contributed by atoms with Crippen LogP contribution in [-0.4, -0.2) is 60.4 Å². The highest BCUT2D eigenvalue weighted by atomic mass is 32.2. The van der Waals surface area contributed by atoms with Crippen LogP contribution in [0.3, 0.4) is 0 Å². The van der Waals surface area contributed by atoms with Gasteiger partial charge in [-0.3, -0.25) is 10.1 Å². The third-order valence-electron chi connectivity index (χ3n) is 8.19. The fourth-order valence-electron chi connectivity index (χ4n) is 6.04. The molecular formula is C35H41N5O7S. The molecule has 13 heteroatoms. The number of anilines is 3. The number of sulfone groups is 1. The van der Waals surface area contributed by atoms with E-state index in [2.05, 4.69) is 15.6 Å². The zero-order valence-electron chi connectivity index (χ0n) is 27.4. The lowest BCUT2D eigenvalue weighted by molar-refractivity contribution is -0.133. The number of amides is 2. The first-order chi connectivity index (χ1) is 22.9. The minimum Gasteiger partial charge on any atom is -0.490 e. The molecule has 254 valence electrons. The molecule has 1 aromatic heterocycles. The summed E-state index contributed by atoms with van der Waals surface area (Å²) in [7, 11) is -3.71. The van der Waals surface area contributed by atoms with Gasteiger partial charge in [-0.1, -0.05) is 13.0 Å². The molecule has 0 aliphatic carbocycles. The highest BCUT2D eigenvalue weighted by Gasteiger charge is 2.37. The smallest absolute Gasteiger partial charge is 0.409 e. The lowest BCUT2D eigenvalue weighted by atomic mass is 10.00. The molecule has 4 aromatic rings. The molecule has 0 saturated carbocycles. The predicted molar refractivity (Wildman–Crippen MR) is 185 cm³/mol. The summed E-state index contributed by atoms with van der Waals surface area (Å²) in [6.07, 6.45) is 1.36. The van der Waals surface area contributed by atoms with Crippen molar-refractivity contribution in [1.82, 2.24) is 9.88 Å². The third-order valence-corrected chi connectivity index (χ3v) is 9.99. The van der Waals surface area contributed by atoms with E-state index >= 15 is 0 Å². The fraction of sp³-hybridized carbons (Fsp3) is 0.343. The predicted octanol–water partition coefficient (Wildman–Crippen LogP) is 6.40. The van der Waals surface area contributed by atoms with E-state index in [9.17, 15) is 23.1 Å². The Labute approximate surface area is 280 Å². The average molecular weight is 676 g/mol. The zero-order valence-corrected chi connectivity index (χ0v) is 28.2. The zero-order chi connectivity index (χ0) is 34.6. The van der Waals surface area contributed by atoms with E-state index in [1.54, 1.807) is 30.2 Å². The number of aromatic nitrogens is 1. The number of nitrogens with two attached hydrogens (primary N) is 1. The number of hydrogen-bond acceptors (Lipinski definition) is 9. The van der Waals surface area contributed by atoms with Crippen LogP contribution in [0.15, 0.2) is 71.8 Å². The maximum Gasteiger partial charge on any atom is 0.409 e. The summed E-state index contributed by atoms with van der Waals surface area (Å²) in [6.45, 7) is 8.01. The first kappa shape index (κ1) is 34.3. The summed E-state index contributed by atoms with van der Waals surface area (Å²) >= 11 is 0. The highest BCUT2D eigenvalue weighted by molar-refractivity contribution is 7.91. The van der Waals surface area contributed by atoms with Crippen molar-refractivity contribution in [3.05, 3.63) is 78.0 Å². The number of hydrogen-bond donors (Lipinski definition) is 4. The largest absolute Gasteiger partial charge is 0.490 e. The molecule has 0 spiro atoms. The molecule has 0 bridgehead atoms. The number of rotatable bonds is 12. The molecule has 0 radical (unpaired) electrons. The second-order valence-corrected chi connectivity index (χ2v) is 14.0. The number of likely N-dealkylation sites (tertiary alicyclic amines) is 1. The minimum atomic E-state index is -3.71. The monoisotopic (exact) mass is 675 g/mol. The van der Waals surface area contributed by atoms with Crippen molar-refractivity contribution in [1.29, 1.82) is 0 Å². The Morgan fingerprint density at radius 2 is 1.81 bits per heavy atom. The quantitative estimate of drug-likeness (QED) is 0.132. The number of carbonyl (C=O) groups excluding carboxylic acids is 1. The van der Waals surface area contributed by atoms with E-state index in [1.165, 1.54) is 18.2 Å². The van der Waals surface area contributed by atoms with Crippen LogP contribution in [-0.2, 0) is 14.6 Å². The highest BCUT2D eigenvalue weighted by Crippen LogP contribution is 2.41. The van der Waals surface area contributed by atoms with E-state index in [4.69, 9.17) is 15.2 Å². The lowest BCUT2D eigenvalue weighted by Gasteiger charge is -2.31. The second kappa shape index (κ2) is 14.4. The van der Waals surface area contributed by atoms with Crippen LogP contribution in [0.4, 0.5) is 22.0 Å². The third kappa shape index (κ3) is 7.41. The SMILES string of the molecule is CCOc1cc([C@@H](Nc2ccc3c(N)nccc3c2)C(=O)N2CCC[C@H]2c2cc(NC(=O)O)ccc2S(=O)(=O)CC)ccc1OC(C)C. The van der Waals surface area contributed by atoms with Gasteiger partial charge in [0.15, 0.2) is 21.3 Å². The lowest BCUT2D eigenvalue weighted by Crippen LogP contribution is -2.38. The van der Waals surface area contributed by atoms with Crippen molar-refractivity contribution < 1.29 is 32.6 Å². The number of nitrogen functional groups attached to an aromatic ring is 1. The van der Waals surface area contributed by atoms with E-state index in [1.807, 2.05) is 51.1 Å². The van der Waals surface area contributed by atoms with E-state index in [0.29, 0.717) is 60.1 Å². The van der Waals surface area contributed by atoms with E-state index < -0.39 is 28.0 Å². The molecule has 3 aromatic carbocycles. The van der Waals surface area contributed by atoms with Crippen molar-refractivity contribution in [2.45, 2.75) is 63.6 Å². The van der Waals surface area contributed by atoms with Gasteiger partial charge in [0.1, 0.15) is 11.9 Å². The Kier molecular flexibility index (Phi) is 10.3. The molecule has 2 heterocycles. The number of nitrogens with one attached hydrogen (secondary N) is 2. The Balaban J connectivity index is 1.60. The van der Waals surface area contributed by atoms with Crippen molar-refractivity contribution in [3.63, 3.8) is 0 Å². The topological polar surface area (TPSA) is 173 Å². The summed E-state index contributed by atoms with van der Waals surface area (Å²) < 4.78 is 38.4. The summed E-state index contributed by atoms with van der Waals surface area (Å²) in [5.41, 5.74) is 7.94. The first-order valence-corrected chi connectivity index (χ1v) is 17.6.